The number of primary sulfonamides is 1. The van der Waals surface area contributed by atoms with Crippen molar-refractivity contribution in [3.8, 4) is 0 Å². The molecule has 2 rings (SSSR count). The van der Waals surface area contributed by atoms with Crippen LogP contribution in [0.25, 0.3) is 0 Å². The van der Waals surface area contributed by atoms with Gasteiger partial charge < -0.3 is 9.84 Å². The van der Waals surface area contributed by atoms with Gasteiger partial charge in [-0.3, -0.25) is 5.32 Å². The first-order chi connectivity index (χ1) is 11.3. The molecule has 0 aliphatic carbocycles. The van der Waals surface area contributed by atoms with E-state index in [9.17, 15) is 18.0 Å². The van der Waals surface area contributed by atoms with Crippen molar-refractivity contribution in [1.82, 2.24) is 0 Å². The Morgan fingerprint density at radius 1 is 1.12 bits per heavy atom. The normalized spacial score (nSPS) is 10.9. The number of sulfonamides is 1. The van der Waals surface area contributed by atoms with Gasteiger partial charge in [0.2, 0.25) is 10.0 Å². The lowest BCUT2D eigenvalue weighted by Gasteiger charge is -2.10. The molecule has 0 radical (unpaired) electrons. The highest BCUT2D eigenvalue weighted by molar-refractivity contribution is 7.89. The fourth-order valence-electron chi connectivity index (χ4n) is 1.86. The van der Waals surface area contributed by atoms with Crippen LogP contribution in [0.2, 0.25) is 0 Å². The third-order valence-corrected chi connectivity index (χ3v) is 3.91. The summed E-state index contributed by atoms with van der Waals surface area (Å²) in [5.41, 5.74) is 0.218. The fraction of sp³-hybridized carbons (Fsp3) is 0.0667. The lowest BCUT2D eigenvalue weighted by Crippen LogP contribution is -2.18. The van der Waals surface area contributed by atoms with E-state index in [0.29, 0.717) is 0 Å². The van der Waals surface area contributed by atoms with Crippen molar-refractivity contribution >= 4 is 27.8 Å². The second kappa shape index (κ2) is 7.11. The van der Waals surface area contributed by atoms with Crippen molar-refractivity contribution in [1.29, 1.82) is 0 Å². The minimum Gasteiger partial charge on any atom is -0.478 e. The number of hydrogen-bond acceptors (Lipinski definition) is 5. The molecule has 24 heavy (non-hydrogen) atoms. The van der Waals surface area contributed by atoms with Crippen molar-refractivity contribution in [2.24, 2.45) is 5.14 Å². The highest BCUT2D eigenvalue weighted by Gasteiger charge is 2.17. The number of ether oxygens (including phenoxy) is 1. The zero-order valence-corrected chi connectivity index (χ0v) is 13.1. The van der Waals surface area contributed by atoms with Gasteiger partial charge in [-0.25, -0.2) is 23.1 Å². The second-order valence-corrected chi connectivity index (χ2v) is 6.31. The largest absolute Gasteiger partial charge is 0.478 e. The van der Waals surface area contributed by atoms with Crippen molar-refractivity contribution in [3.05, 3.63) is 59.7 Å². The van der Waals surface area contributed by atoms with Gasteiger partial charge in [0.15, 0.2) is 0 Å². The van der Waals surface area contributed by atoms with Crippen LogP contribution in [0.15, 0.2) is 53.4 Å². The maximum absolute atomic E-state index is 11.8. The lowest BCUT2D eigenvalue weighted by atomic mass is 10.2. The van der Waals surface area contributed by atoms with Crippen molar-refractivity contribution in [2.45, 2.75) is 11.5 Å². The van der Waals surface area contributed by atoms with E-state index in [0.717, 1.165) is 23.8 Å². The molecule has 0 aliphatic rings. The van der Waals surface area contributed by atoms with E-state index in [1.165, 1.54) is 0 Å². The summed E-state index contributed by atoms with van der Waals surface area (Å²) in [6.45, 7) is -0.0239. The quantitative estimate of drug-likeness (QED) is 0.752. The molecule has 0 saturated heterocycles. The standard InChI is InChI=1S/C15H14N2O6S/c16-24(21,22)11-6-7-12(14(18)19)13(8-11)17-15(20)23-9-10-4-2-1-3-5-10/h1-8H,9H2,(H,17,20)(H,18,19)(H2,16,21,22). The van der Waals surface area contributed by atoms with E-state index in [1.54, 1.807) is 24.3 Å². The van der Waals surface area contributed by atoms with Gasteiger partial charge >= 0.3 is 12.1 Å². The van der Waals surface area contributed by atoms with Gasteiger partial charge in [0.05, 0.1) is 16.1 Å². The molecule has 9 heteroatoms. The van der Waals surface area contributed by atoms with E-state index in [4.69, 9.17) is 15.0 Å². The van der Waals surface area contributed by atoms with Crippen LogP contribution in [0.5, 0.6) is 0 Å². The molecule has 0 unspecified atom stereocenters. The smallest absolute Gasteiger partial charge is 0.411 e. The zero-order chi connectivity index (χ0) is 17.7. The van der Waals surface area contributed by atoms with Crippen molar-refractivity contribution in [2.75, 3.05) is 5.32 Å². The van der Waals surface area contributed by atoms with E-state index < -0.39 is 22.1 Å². The monoisotopic (exact) mass is 350 g/mol. The SMILES string of the molecule is NS(=O)(=O)c1ccc(C(=O)O)c(NC(=O)OCc2ccccc2)c1. The fourth-order valence-corrected chi connectivity index (χ4v) is 2.40. The number of amides is 1. The number of aromatic carboxylic acids is 1. The van der Waals surface area contributed by atoms with Gasteiger partial charge in [-0.1, -0.05) is 30.3 Å². The number of anilines is 1. The topological polar surface area (TPSA) is 136 Å². The highest BCUT2D eigenvalue weighted by Crippen LogP contribution is 2.21. The van der Waals surface area contributed by atoms with Gasteiger partial charge in [-0.2, -0.15) is 0 Å². The first-order valence-electron chi connectivity index (χ1n) is 6.65. The van der Waals surface area contributed by atoms with Crippen LogP contribution in [-0.2, 0) is 21.4 Å². The van der Waals surface area contributed by atoms with Gasteiger partial charge in [0.25, 0.3) is 0 Å². The van der Waals surface area contributed by atoms with Crippen molar-refractivity contribution < 1.29 is 27.9 Å². The molecule has 0 fully saturated rings. The molecule has 0 spiro atoms. The molecule has 2 aromatic rings. The lowest BCUT2D eigenvalue weighted by molar-refractivity contribution is 0.0698. The Balaban J connectivity index is 2.17. The number of nitrogens with two attached hydrogens (primary N) is 1. The molecule has 1 amide bonds. The van der Waals surface area contributed by atoms with Gasteiger partial charge in [-0.15, -0.1) is 0 Å². The van der Waals surface area contributed by atoms with Gasteiger partial charge in [0.1, 0.15) is 6.61 Å². The third kappa shape index (κ3) is 4.54. The molecule has 0 bridgehead atoms. The first-order valence-corrected chi connectivity index (χ1v) is 8.20. The molecule has 0 saturated carbocycles. The zero-order valence-electron chi connectivity index (χ0n) is 12.3. The van der Waals surface area contributed by atoms with E-state index >= 15 is 0 Å². The molecule has 0 atom stereocenters. The molecule has 0 heterocycles. The molecule has 0 aromatic heterocycles. The summed E-state index contributed by atoms with van der Waals surface area (Å²) in [5, 5.41) is 16.3. The maximum atomic E-state index is 11.8. The third-order valence-electron chi connectivity index (χ3n) is 3.00. The van der Waals surface area contributed by atoms with E-state index in [1.807, 2.05) is 6.07 Å². The van der Waals surface area contributed by atoms with Crippen LogP contribution in [0, 0.1) is 0 Å². The predicted molar refractivity (Wildman–Crippen MR) is 85.0 cm³/mol. The Labute approximate surface area is 137 Å². The highest BCUT2D eigenvalue weighted by atomic mass is 32.2. The van der Waals surface area contributed by atoms with Crippen LogP contribution in [0.3, 0.4) is 0 Å². The maximum Gasteiger partial charge on any atom is 0.411 e. The van der Waals surface area contributed by atoms with Crippen molar-refractivity contribution in [3.63, 3.8) is 0 Å². The summed E-state index contributed by atoms with van der Waals surface area (Å²) >= 11 is 0. The minimum absolute atomic E-state index is 0.0239. The molecule has 8 nitrogen and oxygen atoms in total. The van der Waals surface area contributed by atoms with E-state index in [2.05, 4.69) is 5.32 Å². The molecule has 2 aromatic carbocycles. The van der Waals surface area contributed by atoms with Crippen LogP contribution in [-0.4, -0.2) is 25.6 Å². The molecule has 0 aliphatic heterocycles. The summed E-state index contributed by atoms with van der Waals surface area (Å²) in [4.78, 5) is 22.7. The number of carboxylic acid groups (broad SMARTS) is 1. The molecular formula is C15H14N2O6S. The summed E-state index contributed by atoms with van der Waals surface area (Å²) in [5.74, 6) is -1.34. The van der Waals surface area contributed by atoms with Crippen LogP contribution >= 0.6 is 0 Å². The van der Waals surface area contributed by atoms with Crippen LogP contribution in [0.1, 0.15) is 15.9 Å². The predicted octanol–water partition coefficient (Wildman–Crippen LogP) is 1.78. The van der Waals surface area contributed by atoms with Gasteiger partial charge in [-0.05, 0) is 23.8 Å². The van der Waals surface area contributed by atoms with Gasteiger partial charge in [0, 0.05) is 0 Å². The molecular weight excluding hydrogens is 336 g/mol. The summed E-state index contributed by atoms with van der Waals surface area (Å²) in [6.07, 6.45) is -0.923. The summed E-state index contributed by atoms with van der Waals surface area (Å²) in [6, 6.07) is 11.9. The Bertz CT molecular complexity index is 865. The van der Waals surface area contributed by atoms with E-state index in [-0.39, 0.29) is 22.8 Å². The summed E-state index contributed by atoms with van der Waals surface area (Å²) < 4.78 is 27.7. The number of hydrogen-bond donors (Lipinski definition) is 3. The number of carboxylic acids is 1. The number of carbonyl (C=O) groups excluding carboxylic acids is 1. The van der Waals surface area contributed by atoms with Crippen LogP contribution in [0.4, 0.5) is 10.5 Å². The Morgan fingerprint density at radius 2 is 1.79 bits per heavy atom. The number of nitrogens with one attached hydrogen (secondary N) is 1. The average Bonchev–Trinajstić information content (AvgIpc) is 2.53. The molecule has 4 N–H and O–H groups in total. The number of rotatable bonds is 5. The average molecular weight is 350 g/mol. The second-order valence-electron chi connectivity index (χ2n) is 4.74. The first kappa shape index (κ1) is 17.4. The number of carbonyl (C=O) groups is 2. The Morgan fingerprint density at radius 3 is 2.38 bits per heavy atom. The Hall–Kier alpha value is -2.91. The Kier molecular flexibility index (Phi) is 5.17. The number of benzene rings is 2. The molecule has 126 valence electrons. The summed E-state index contributed by atoms with van der Waals surface area (Å²) in [7, 11) is -4.04. The minimum atomic E-state index is -4.04. The van der Waals surface area contributed by atoms with Crippen LogP contribution < -0.4 is 10.5 Å².